The average molecular weight is 385 g/mol. The van der Waals surface area contributed by atoms with Crippen molar-refractivity contribution in [3.8, 4) is 0 Å². The SMILES string of the molecule is CCN(CC)c1ccc2cc(C(=O)Nc3cccc(Cl)c3C)c(=O)oc2c1. The van der Waals surface area contributed by atoms with Crippen LogP contribution in [-0.4, -0.2) is 19.0 Å². The number of hydrogen-bond donors (Lipinski definition) is 1. The molecule has 140 valence electrons. The molecular weight excluding hydrogens is 364 g/mol. The minimum atomic E-state index is -0.670. The first-order chi connectivity index (χ1) is 12.9. The summed E-state index contributed by atoms with van der Waals surface area (Å²) in [4.78, 5) is 27.1. The third kappa shape index (κ3) is 3.83. The largest absolute Gasteiger partial charge is 0.422 e. The summed E-state index contributed by atoms with van der Waals surface area (Å²) in [5, 5.41) is 3.97. The van der Waals surface area contributed by atoms with E-state index < -0.39 is 11.5 Å². The Bertz CT molecular complexity index is 1050. The monoisotopic (exact) mass is 384 g/mol. The highest BCUT2D eigenvalue weighted by Gasteiger charge is 2.16. The van der Waals surface area contributed by atoms with Gasteiger partial charge in [-0.15, -0.1) is 0 Å². The smallest absolute Gasteiger partial charge is 0.349 e. The Labute approximate surface area is 162 Å². The van der Waals surface area contributed by atoms with Gasteiger partial charge in [0.15, 0.2) is 0 Å². The number of nitrogens with zero attached hydrogens (tertiary/aromatic N) is 1. The van der Waals surface area contributed by atoms with E-state index in [4.69, 9.17) is 16.0 Å². The normalized spacial score (nSPS) is 10.8. The summed E-state index contributed by atoms with van der Waals surface area (Å²) in [6.07, 6.45) is 0. The van der Waals surface area contributed by atoms with Crippen molar-refractivity contribution >= 4 is 39.9 Å². The van der Waals surface area contributed by atoms with Gasteiger partial charge in [-0.3, -0.25) is 4.79 Å². The molecule has 1 aromatic heterocycles. The van der Waals surface area contributed by atoms with E-state index in [2.05, 4.69) is 24.1 Å². The summed E-state index contributed by atoms with van der Waals surface area (Å²) in [6.45, 7) is 7.64. The molecule has 1 N–H and O–H groups in total. The van der Waals surface area contributed by atoms with Crippen LogP contribution in [0.3, 0.4) is 0 Å². The van der Waals surface area contributed by atoms with Gasteiger partial charge in [-0.25, -0.2) is 4.79 Å². The highest BCUT2D eigenvalue weighted by molar-refractivity contribution is 6.31. The quantitative estimate of drug-likeness (QED) is 0.638. The summed E-state index contributed by atoms with van der Waals surface area (Å²) in [7, 11) is 0. The minimum absolute atomic E-state index is 0.0440. The molecule has 0 spiro atoms. The zero-order valence-corrected chi connectivity index (χ0v) is 16.3. The molecule has 2 aromatic carbocycles. The van der Waals surface area contributed by atoms with E-state index in [1.54, 1.807) is 31.2 Å². The molecule has 0 saturated heterocycles. The Morgan fingerprint density at radius 2 is 1.89 bits per heavy atom. The second-order valence-corrected chi connectivity index (χ2v) is 6.62. The maximum atomic E-state index is 12.6. The van der Waals surface area contributed by atoms with Gasteiger partial charge in [0.1, 0.15) is 11.1 Å². The van der Waals surface area contributed by atoms with Crippen molar-refractivity contribution in [3.05, 3.63) is 69.0 Å². The highest BCUT2D eigenvalue weighted by atomic mass is 35.5. The average Bonchev–Trinajstić information content (AvgIpc) is 2.65. The van der Waals surface area contributed by atoms with E-state index in [9.17, 15) is 9.59 Å². The lowest BCUT2D eigenvalue weighted by Crippen LogP contribution is -2.22. The molecule has 0 fully saturated rings. The van der Waals surface area contributed by atoms with Crippen molar-refractivity contribution in [1.82, 2.24) is 0 Å². The van der Waals surface area contributed by atoms with Crippen molar-refractivity contribution in [2.24, 2.45) is 0 Å². The lowest BCUT2D eigenvalue weighted by atomic mass is 10.1. The fraction of sp³-hybridized carbons (Fsp3) is 0.238. The first-order valence-corrected chi connectivity index (χ1v) is 9.21. The van der Waals surface area contributed by atoms with Crippen LogP contribution in [-0.2, 0) is 0 Å². The van der Waals surface area contributed by atoms with Crippen molar-refractivity contribution < 1.29 is 9.21 Å². The summed E-state index contributed by atoms with van der Waals surface area (Å²) in [6, 6.07) is 12.4. The molecule has 0 unspecified atom stereocenters. The van der Waals surface area contributed by atoms with Crippen LogP contribution < -0.4 is 15.8 Å². The third-order valence-corrected chi connectivity index (χ3v) is 5.02. The molecule has 6 heteroatoms. The van der Waals surface area contributed by atoms with Gasteiger partial charge >= 0.3 is 5.63 Å². The molecule has 0 radical (unpaired) electrons. The zero-order valence-electron chi connectivity index (χ0n) is 15.5. The molecule has 0 saturated carbocycles. The first-order valence-electron chi connectivity index (χ1n) is 8.84. The number of amides is 1. The van der Waals surface area contributed by atoms with E-state index in [0.717, 1.165) is 24.3 Å². The van der Waals surface area contributed by atoms with Crippen molar-refractivity contribution in [2.45, 2.75) is 20.8 Å². The van der Waals surface area contributed by atoms with Crippen LogP contribution in [0.4, 0.5) is 11.4 Å². The molecule has 1 heterocycles. The third-order valence-electron chi connectivity index (χ3n) is 4.61. The van der Waals surface area contributed by atoms with Gasteiger partial charge in [0.25, 0.3) is 5.91 Å². The molecule has 5 nitrogen and oxygen atoms in total. The van der Waals surface area contributed by atoms with Crippen LogP contribution in [0.25, 0.3) is 11.0 Å². The molecule has 27 heavy (non-hydrogen) atoms. The van der Waals surface area contributed by atoms with E-state index in [-0.39, 0.29) is 5.56 Å². The molecule has 3 rings (SSSR count). The van der Waals surface area contributed by atoms with Gasteiger partial charge in [0.2, 0.25) is 0 Å². The van der Waals surface area contributed by atoms with E-state index in [1.807, 2.05) is 18.2 Å². The molecule has 1 amide bonds. The van der Waals surface area contributed by atoms with Crippen LogP contribution in [0.15, 0.2) is 51.7 Å². The molecule has 0 bridgehead atoms. The van der Waals surface area contributed by atoms with Crippen LogP contribution in [0, 0.1) is 6.92 Å². The number of rotatable bonds is 5. The fourth-order valence-electron chi connectivity index (χ4n) is 2.98. The minimum Gasteiger partial charge on any atom is -0.422 e. The first kappa shape index (κ1) is 19.0. The van der Waals surface area contributed by atoms with Crippen LogP contribution in [0.2, 0.25) is 5.02 Å². The predicted molar refractivity (Wildman–Crippen MR) is 110 cm³/mol. The predicted octanol–water partition coefficient (Wildman–Crippen LogP) is 4.85. The van der Waals surface area contributed by atoms with Gasteiger partial charge < -0.3 is 14.6 Å². The number of anilines is 2. The maximum absolute atomic E-state index is 12.6. The number of benzene rings is 2. The number of halogens is 1. The number of carbonyl (C=O) groups is 1. The van der Waals surface area contributed by atoms with Crippen molar-refractivity contribution in [2.75, 3.05) is 23.3 Å². The molecule has 0 aliphatic rings. The van der Waals surface area contributed by atoms with Crippen LogP contribution >= 0.6 is 11.6 Å². The Morgan fingerprint density at radius 3 is 2.59 bits per heavy atom. The summed E-state index contributed by atoms with van der Waals surface area (Å²) in [5.74, 6) is -0.524. The van der Waals surface area contributed by atoms with Crippen molar-refractivity contribution in [3.63, 3.8) is 0 Å². The number of nitrogens with one attached hydrogen (secondary N) is 1. The lowest BCUT2D eigenvalue weighted by Gasteiger charge is -2.21. The van der Waals surface area contributed by atoms with E-state index in [1.165, 1.54) is 0 Å². The Kier molecular flexibility index (Phi) is 5.51. The molecular formula is C21H21ClN2O3. The Morgan fingerprint density at radius 1 is 1.15 bits per heavy atom. The standard InChI is InChI=1S/C21H21ClN2O3/c1-4-24(5-2)15-10-9-14-11-16(21(26)27-19(14)12-15)20(25)23-18-8-6-7-17(22)13(18)3/h6-12H,4-5H2,1-3H3,(H,23,25). The Balaban J connectivity index is 1.96. The number of hydrogen-bond acceptors (Lipinski definition) is 4. The van der Waals surface area contributed by atoms with Gasteiger partial charge in [-0.05, 0) is 56.7 Å². The number of carbonyl (C=O) groups excluding carboxylic acids is 1. The summed E-state index contributed by atoms with van der Waals surface area (Å²) < 4.78 is 5.42. The van der Waals surface area contributed by atoms with Gasteiger partial charge in [-0.1, -0.05) is 17.7 Å². The second-order valence-electron chi connectivity index (χ2n) is 6.21. The second kappa shape index (κ2) is 7.84. The number of fused-ring (bicyclic) bond motifs is 1. The lowest BCUT2D eigenvalue weighted by molar-refractivity contribution is 0.102. The zero-order chi connectivity index (χ0) is 19.6. The fourth-order valence-corrected chi connectivity index (χ4v) is 3.15. The molecule has 0 aliphatic carbocycles. The summed E-state index contributed by atoms with van der Waals surface area (Å²) in [5.41, 5.74) is 2.02. The maximum Gasteiger partial charge on any atom is 0.349 e. The molecule has 3 aromatic rings. The Hall–Kier alpha value is -2.79. The van der Waals surface area contributed by atoms with Crippen molar-refractivity contribution in [1.29, 1.82) is 0 Å². The summed E-state index contributed by atoms with van der Waals surface area (Å²) >= 11 is 6.08. The van der Waals surface area contributed by atoms with E-state index in [0.29, 0.717) is 21.7 Å². The van der Waals surface area contributed by atoms with Crippen LogP contribution in [0.5, 0.6) is 0 Å². The van der Waals surface area contributed by atoms with Gasteiger partial charge in [0, 0.05) is 40.9 Å². The van der Waals surface area contributed by atoms with Gasteiger partial charge in [-0.2, -0.15) is 0 Å². The molecule has 0 aliphatic heterocycles. The van der Waals surface area contributed by atoms with E-state index >= 15 is 0 Å². The highest BCUT2D eigenvalue weighted by Crippen LogP contribution is 2.24. The topological polar surface area (TPSA) is 62.6 Å². The van der Waals surface area contributed by atoms with Gasteiger partial charge in [0.05, 0.1) is 0 Å². The van der Waals surface area contributed by atoms with Crippen LogP contribution in [0.1, 0.15) is 29.8 Å². The molecule has 0 atom stereocenters.